The van der Waals surface area contributed by atoms with Gasteiger partial charge in [-0.15, -0.1) is 0 Å². The van der Waals surface area contributed by atoms with Crippen LogP contribution in [-0.2, 0) is 9.53 Å². The van der Waals surface area contributed by atoms with Gasteiger partial charge in [0.1, 0.15) is 0 Å². The number of carbonyl (C=O) groups excluding carboxylic acids is 1. The highest BCUT2D eigenvalue weighted by molar-refractivity contribution is 7.99. The van der Waals surface area contributed by atoms with Gasteiger partial charge in [0.25, 0.3) is 0 Å². The molecule has 1 saturated heterocycles. The molecular formula is C12H22N2O2S. The van der Waals surface area contributed by atoms with Crippen LogP contribution >= 0.6 is 11.8 Å². The van der Waals surface area contributed by atoms with E-state index < -0.39 is 0 Å². The first kappa shape index (κ1) is 13.2. The summed E-state index contributed by atoms with van der Waals surface area (Å²) in [5.74, 6) is -0.0691. The monoisotopic (exact) mass is 258 g/mol. The maximum absolute atomic E-state index is 12.1. The number of nitrogens with two attached hydrogens (primary N) is 1. The summed E-state index contributed by atoms with van der Waals surface area (Å²) in [6.45, 7) is 0.984. The minimum atomic E-state index is -0.153. The first-order chi connectivity index (χ1) is 8.22. The topological polar surface area (TPSA) is 64.3 Å². The second kappa shape index (κ2) is 6.07. The van der Waals surface area contributed by atoms with Crippen molar-refractivity contribution in [3.63, 3.8) is 0 Å². The minimum Gasteiger partial charge on any atom is -0.379 e. The second-order valence-corrected chi connectivity index (χ2v) is 6.06. The second-order valence-electron chi connectivity index (χ2n) is 4.98. The summed E-state index contributed by atoms with van der Waals surface area (Å²) in [7, 11) is 0. The molecule has 2 fully saturated rings. The summed E-state index contributed by atoms with van der Waals surface area (Å²) < 4.78 is 5.24. The quantitative estimate of drug-likeness (QED) is 0.784. The molecular weight excluding hydrogens is 236 g/mol. The fourth-order valence-electron chi connectivity index (χ4n) is 2.67. The summed E-state index contributed by atoms with van der Waals surface area (Å²) in [5.41, 5.74) is 5.86. The normalized spacial score (nSPS) is 38.0. The fraction of sp³-hybridized carbons (Fsp3) is 0.917. The smallest absolute Gasteiger partial charge is 0.227 e. The summed E-state index contributed by atoms with van der Waals surface area (Å²) in [6, 6.07) is 0.186. The molecule has 2 aliphatic rings. The van der Waals surface area contributed by atoms with Crippen molar-refractivity contribution < 1.29 is 9.53 Å². The van der Waals surface area contributed by atoms with Crippen molar-refractivity contribution >= 4 is 17.7 Å². The molecule has 3 N–H and O–H groups in total. The van der Waals surface area contributed by atoms with Crippen LogP contribution in [0.3, 0.4) is 0 Å². The predicted octanol–water partition coefficient (Wildman–Crippen LogP) is 0.751. The van der Waals surface area contributed by atoms with E-state index in [-0.39, 0.29) is 17.9 Å². The fourth-order valence-corrected chi connectivity index (χ4v) is 3.61. The zero-order chi connectivity index (χ0) is 12.3. The number of nitrogens with one attached hydrogen (secondary N) is 1. The molecule has 1 amide bonds. The van der Waals surface area contributed by atoms with Gasteiger partial charge in [0.05, 0.1) is 19.1 Å². The van der Waals surface area contributed by atoms with Gasteiger partial charge in [-0.3, -0.25) is 4.79 Å². The maximum Gasteiger partial charge on any atom is 0.227 e. The van der Waals surface area contributed by atoms with Crippen LogP contribution in [0.1, 0.15) is 25.7 Å². The van der Waals surface area contributed by atoms with Gasteiger partial charge in [-0.2, -0.15) is 11.8 Å². The summed E-state index contributed by atoms with van der Waals surface area (Å²) >= 11 is 1.86. The molecule has 0 aromatic rings. The third-order valence-corrected chi connectivity index (χ3v) is 4.96. The standard InChI is InChI=1S/C12H22N2O2S/c1-17-11-5-3-2-4-10(11)14-12(15)8-6-16-7-9(8)13/h8-11H,2-7,13H2,1H3,(H,14,15). The van der Waals surface area contributed by atoms with Gasteiger partial charge in [0, 0.05) is 17.3 Å². The highest BCUT2D eigenvalue weighted by atomic mass is 32.2. The average Bonchev–Trinajstić information content (AvgIpc) is 2.76. The Hall–Kier alpha value is -0.260. The van der Waals surface area contributed by atoms with Crippen LogP contribution < -0.4 is 11.1 Å². The number of hydrogen-bond acceptors (Lipinski definition) is 4. The molecule has 0 aromatic carbocycles. The zero-order valence-corrected chi connectivity index (χ0v) is 11.2. The number of hydrogen-bond donors (Lipinski definition) is 2. The van der Waals surface area contributed by atoms with Crippen molar-refractivity contribution in [1.29, 1.82) is 0 Å². The van der Waals surface area contributed by atoms with Crippen molar-refractivity contribution in [3.05, 3.63) is 0 Å². The van der Waals surface area contributed by atoms with E-state index in [0.717, 1.165) is 6.42 Å². The molecule has 0 bridgehead atoms. The molecule has 2 rings (SSSR count). The molecule has 0 radical (unpaired) electrons. The summed E-state index contributed by atoms with van der Waals surface area (Å²) in [5, 5.41) is 3.73. The van der Waals surface area contributed by atoms with Crippen molar-refractivity contribution in [1.82, 2.24) is 5.32 Å². The minimum absolute atomic E-state index is 0.0842. The molecule has 98 valence electrons. The van der Waals surface area contributed by atoms with E-state index in [2.05, 4.69) is 11.6 Å². The van der Waals surface area contributed by atoms with Crippen LogP contribution in [0, 0.1) is 5.92 Å². The maximum atomic E-state index is 12.1. The number of thioether (sulfide) groups is 1. The van der Waals surface area contributed by atoms with Crippen molar-refractivity contribution in [3.8, 4) is 0 Å². The summed E-state index contributed by atoms with van der Waals surface area (Å²) in [6.07, 6.45) is 6.93. The highest BCUT2D eigenvalue weighted by Crippen LogP contribution is 2.27. The molecule has 4 nitrogen and oxygen atoms in total. The Balaban J connectivity index is 1.88. The van der Waals surface area contributed by atoms with E-state index in [1.54, 1.807) is 0 Å². The Morgan fingerprint density at radius 2 is 2.12 bits per heavy atom. The molecule has 4 atom stereocenters. The van der Waals surface area contributed by atoms with E-state index >= 15 is 0 Å². The largest absolute Gasteiger partial charge is 0.379 e. The molecule has 5 heteroatoms. The lowest BCUT2D eigenvalue weighted by molar-refractivity contribution is -0.126. The van der Waals surface area contributed by atoms with Gasteiger partial charge >= 0.3 is 0 Å². The Bertz CT molecular complexity index is 275. The third-order valence-electron chi connectivity index (χ3n) is 3.79. The van der Waals surface area contributed by atoms with Crippen LogP contribution in [-0.4, -0.2) is 42.7 Å². The first-order valence-corrected chi connectivity index (χ1v) is 7.67. The molecule has 0 aromatic heterocycles. The molecule has 1 saturated carbocycles. The molecule has 4 unspecified atom stereocenters. The average molecular weight is 258 g/mol. The number of rotatable bonds is 3. The Labute approximate surface area is 107 Å². The molecule has 1 aliphatic heterocycles. The van der Waals surface area contributed by atoms with Crippen molar-refractivity contribution in [2.24, 2.45) is 11.7 Å². The number of carbonyl (C=O) groups is 1. The predicted molar refractivity (Wildman–Crippen MR) is 70.0 cm³/mol. The van der Waals surface area contributed by atoms with Gasteiger partial charge in [-0.25, -0.2) is 0 Å². The van der Waals surface area contributed by atoms with Crippen LogP contribution in [0.25, 0.3) is 0 Å². The van der Waals surface area contributed by atoms with E-state index in [0.29, 0.717) is 24.5 Å². The lowest BCUT2D eigenvalue weighted by Crippen LogP contribution is -2.49. The van der Waals surface area contributed by atoms with E-state index in [4.69, 9.17) is 10.5 Å². The molecule has 0 spiro atoms. The zero-order valence-electron chi connectivity index (χ0n) is 10.4. The lowest BCUT2D eigenvalue weighted by Gasteiger charge is -2.32. The third kappa shape index (κ3) is 3.14. The summed E-state index contributed by atoms with van der Waals surface area (Å²) in [4.78, 5) is 12.1. The van der Waals surface area contributed by atoms with Gasteiger partial charge < -0.3 is 15.8 Å². The molecule has 17 heavy (non-hydrogen) atoms. The van der Waals surface area contributed by atoms with Crippen LogP contribution in [0.2, 0.25) is 0 Å². The highest BCUT2D eigenvalue weighted by Gasteiger charge is 2.34. The first-order valence-electron chi connectivity index (χ1n) is 6.39. The van der Waals surface area contributed by atoms with Crippen LogP contribution in [0.5, 0.6) is 0 Å². The molecule has 1 aliphatic carbocycles. The van der Waals surface area contributed by atoms with E-state index in [1.807, 2.05) is 11.8 Å². The Morgan fingerprint density at radius 3 is 2.76 bits per heavy atom. The lowest BCUT2D eigenvalue weighted by atomic mass is 9.93. The van der Waals surface area contributed by atoms with Gasteiger partial charge in [-0.05, 0) is 19.1 Å². The van der Waals surface area contributed by atoms with Crippen molar-refractivity contribution in [2.75, 3.05) is 19.5 Å². The van der Waals surface area contributed by atoms with Crippen LogP contribution in [0.4, 0.5) is 0 Å². The van der Waals surface area contributed by atoms with Gasteiger partial charge in [0.15, 0.2) is 0 Å². The number of ether oxygens (including phenoxy) is 1. The Kier molecular flexibility index (Phi) is 4.70. The SMILES string of the molecule is CSC1CCCCC1NC(=O)C1COCC1N. The molecule has 1 heterocycles. The van der Waals surface area contributed by atoms with Gasteiger partial charge in [-0.1, -0.05) is 12.8 Å². The van der Waals surface area contributed by atoms with Crippen molar-refractivity contribution in [2.45, 2.75) is 43.0 Å². The van der Waals surface area contributed by atoms with E-state index in [1.165, 1.54) is 19.3 Å². The van der Waals surface area contributed by atoms with Gasteiger partial charge in [0.2, 0.25) is 5.91 Å². The number of amides is 1. The van der Waals surface area contributed by atoms with E-state index in [9.17, 15) is 4.79 Å². The Morgan fingerprint density at radius 1 is 1.35 bits per heavy atom. The van der Waals surface area contributed by atoms with Crippen LogP contribution in [0.15, 0.2) is 0 Å².